The predicted octanol–water partition coefficient (Wildman–Crippen LogP) is 3.90. The Hall–Kier alpha value is -0.840. The van der Waals surface area contributed by atoms with Gasteiger partial charge in [0.15, 0.2) is 0 Å². The predicted molar refractivity (Wildman–Crippen MR) is 86.8 cm³/mol. The number of rotatable bonds is 6. The van der Waals surface area contributed by atoms with Crippen LogP contribution >= 0.6 is 22.9 Å². The number of nitrogens with zero attached hydrogens (tertiary/aromatic N) is 2. The van der Waals surface area contributed by atoms with E-state index in [4.69, 9.17) is 11.6 Å². The largest absolute Gasteiger partial charge is 0.309 e. The highest BCUT2D eigenvalue weighted by Gasteiger charge is 2.20. The molecule has 1 N–H and O–H groups in total. The first-order chi connectivity index (χ1) is 9.58. The molecule has 0 aliphatic carbocycles. The summed E-state index contributed by atoms with van der Waals surface area (Å²) in [5.41, 5.74) is 3.43. The van der Waals surface area contributed by atoms with Gasteiger partial charge in [0.25, 0.3) is 0 Å². The van der Waals surface area contributed by atoms with Crippen LogP contribution in [0, 0.1) is 6.92 Å². The van der Waals surface area contributed by atoms with Crippen LogP contribution < -0.4 is 5.32 Å². The van der Waals surface area contributed by atoms with Crippen molar-refractivity contribution in [2.75, 3.05) is 6.54 Å². The highest BCUT2D eigenvalue weighted by atomic mass is 35.5. The second kappa shape index (κ2) is 6.74. The van der Waals surface area contributed by atoms with E-state index in [-0.39, 0.29) is 0 Å². The van der Waals surface area contributed by atoms with Crippen molar-refractivity contribution >= 4 is 22.9 Å². The van der Waals surface area contributed by atoms with Gasteiger partial charge in [-0.25, -0.2) is 0 Å². The Morgan fingerprint density at radius 3 is 2.75 bits per heavy atom. The molecule has 3 nitrogen and oxygen atoms in total. The summed E-state index contributed by atoms with van der Waals surface area (Å²) in [6, 6.07) is 2.53. The highest BCUT2D eigenvalue weighted by Crippen LogP contribution is 2.30. The van der Waals surface area contributed by atoms with Crippen LogP contribution in [-0.4, -0.2) is 16.3 Å². The molecule has 2 aromatic heterocycles. The molecule has 0 saturated heterocycles. The van der Waals surface area contributed by atoms with Gasteiger partial charge in [-0.15, -0.1) is 11.3 Å². The third-order valence-electron chi connectivity index (χ3n) is 3.59. The van der Waals surface area contributed by atoms with E-state index in [0.717, 1.165) is 35.8 Å². The van der Waals surface area contributed by atoms with E-state index in [0.29, 0.717) is 6.04 Å². The first-order valence-corrected chi connectivity index (χ1v) is 8.31. The maximum Gasteiger partial charge on any atom is 0.0847 e. The molecule has 0 aromatic carbocycles. The zero-order chi connectivity index (χ0) is 14.7. The number of thiophene rings is 1. The lowest BCUT2D eigenvalue weighted by Gasteiger charge is -2.18. The quantitative estimate of drug-likeness (QED) is 0.877. The van der Waals surface area contributed by atoms with E-state index in [9.17, 15) is 0 Å². The lowest BCUT2D eigenvalue weighted by atomic mass is 10.0. The molecule has 0 aliphatic heterocycles. The minimum Gasteiger partial charge on any atom is -0.309 e. The Kier molecular flexibility index (Phi) is 5.24. The zero-order valence-electron chi connectivity index (χ0n) is 12.5. The number of halogens is 1. The van der Waals surface area contributed by atoms with Crippen molar-refractivity contribution in [3.8, 4) is 0 Å². The molecule has 0 saturated carbocycles. The van der Waals surface area contributed by atoms with Crippen LogP contribution in [0.5, 0.6) is 0 Å². The van der Waals surface area contributed by atoms with Crippen molar-refractivity contribution in [1.29, 1.82) is 0 Å². The van der Waals surface area contributed by atoms with Gasteiger partial charge < -0.3 is 5.32 Å². The molecule has 1 unspecified atom stereocenters. The van der Waals surface area contributed by atoms with Gasteiger partial charge >= 0.3 is 0 Å². The fraction of sp³-hybridized carbons (Fsp3) is 0.533. The first kappa shape index (κ1) is 15.5. The second-order valence-electron chi connectivity index (χ2n) is 4.95. The Bertz CT molecular complexity index is 574. The van der Waals surface area contributed by atoms with E-state index in [1.807, 2.05) is 30.0 Å². The molecule has 2 heterocycles. The molecular weight excluding hydrogens is 290 g/mol. The Labute approximate surface area is 130 Å². The molecular formula is C15H22ClN3S. The van der Waals surface area contributed by atoms with Crippen LogP contribution in [0.2, 0.25) is 5.02 Å². The number of hydrogen-bond acceptors (Lipinski definition) is 3. The summed E-state index contributed by atoms with van der Waals surface area (Å²) in [5, 5.41) is 11.0. The summed E-state index contributed by atoms with van der Waals surface area (Å²) in [4.78, 5) is 1.42. The number of aryl methyl sites for hydroxylation is 3. The molecule has 5 heteroatoms. The molecule has 2 rings (SSSR count). The molecule has 0 spiro atoms. The third kappa shape index (κ3) is 3.08. The standard InChI is InChI=1S/C15H22ClN3S/c1-5-11-7-8-20-15(11)12(17-6-2)9-13-14(16)10(3)18-19(13)4/h7-8,12,17H,5-6,9H2,1-4H3. The molecule has 2 aromatic rings. The van der Waals surface area contributed by atoms with Crippen molar-refractivity contribution in [2.24, 2.45) is 7.05 Å². The number of hydrogen-bond donors (Lipinski definition) is 1. The van der Waals surface area contributed by atoms with E-state index >= 15 is 0 Å². The van der Waals surface area contributed by atoms with Gasteiger partial charge in [-0.05, 0) is 36.9 Å². The Morgan fingerprint density at radius 2 is 2.20 bits per heavy atom. The first-order valence-electron chi connectivity index (χ1n) is 7.06. The van der Waals surface area contributed by atoms with Gasteiger partial charge in [-0.3, -0.25) is 4.68 Å². The van der Waals surface area contributed by atoms with Crippen LogP contribution in [0.25, 0.3) is 0 Å². The highest BCUT2D eigenvalue weighted by molar-refractivity contribution is 7.10. The summed E-state index contributed by atoms with van der Waals surface area (Å²) in [6.45, 7) is 7.25. The average Bonchev–Trinajstić information content (AvgIpc) is 2.98. The van der Waals surface area contributed by atoms with Crippen LogP contribution in [0.3, 0.4) is 0 Å². The maximum absolute atomic E-state index is 6.39. The van der Waals surface area contributed by atoms with Crippen molar-refractivity contribution in [3.05, 3.63) is 38.3 Å². The van der Waals surface area contributed by atoms with Gasteiger partial charge in [0.1, 0.15) is 0 Å². The molecule has 0 fully saturated rings. The molecule has 1 atom stereocenters. The summed E-state index contributed by atoms with van der Waals surface area (Å²) >= 11 is 8.21. The van der Waals surface area contributed by atoms with E-state index < -0.39 is 0 Å². The molecule has 0 amide bonds. The van der Waals surface area contributed by atoms with E-state index in [1.54, 1.807) is 0 Å². The number of nitrogens with one attached hydrogen (secondary N) is 1. The Balaban J connectivity index is 2.30. The lowest BCUT2D eigenvalue weighted by molar-refractivity contribution is 0.533. The second-order valence-corrected chi connectivity index (χ2v) is 6.27. The van der Waals surface area contributed by atoms with Crippen molar-refractivity contribution < 1.29 is 0 Å². The fourth-order valence-corrected chi connectivity index (χ4v) is 3.86. The van der Waals surface area contributed by atoms with Crippen LogP contribution in [0.15, 0.2) is 11.4 Å². The van der Waals surface area contributed by atoms with Crippen molar-refractivity contribution in [3.63, 3.8) is 0 Å². The minimum absolute atomic E-state index is 0.308. The smallest absolute Gasteiger partial charge is 0.0847 e. The monoisotopic (exact) mass is 311 g/mol. The average molecular weight is 312 g/mol. The summed E-state index contributed by atoms with van der Waals surface area (Å²) in [7, 11) is 1.96. The third-order valence-corrected chi connectivity index (χ3v) is 5.15. The molecule has 0 aliphatic rings. The summed E-state index contributed by atoms with van der Waals surface area (Å²) in [5.74, 6) is 0. The van der Waals surface area contributed by atoms with Gasteiger partial charge in [-0.1, -0.05) is 25.4 Å². The van der Waals surface area contributed by atoms with Crippen molar-refractivity contribution in [2.45, 2.75) is 39.7 Å². The number of aromatic nitrogens is 2. The van der Waals surface area contributed by atoms with E-state index in [1.165, 1.54) is 10.4 Å². The van der Waals surface area contributed by atoms with Gasteiger partial charge in [0.2, 0.25) is 0 Å². The summed E-state index contributed by atoms with van der Waals surface area (Å²) in [6.07, 6.45) is 1.94. The van der Waals surface area contributed by atoms with Crippen LogP contribution in [-0.2, 0) is 19.9 Å². The van der Waals surface area contributed by atoms with E-state index in [2.05, 4.69) is 35.7 Å². The van der Waals surface area contributed by atoms with Crippen molar-refractivity contribution in [1.82, 2.24) is 15.1 Å². The fourth-order valence-electron chi connectivity index (χ4n) is 2.54. The molecule has 110 valence electrons. The minimum atomic E-state index is 0.308. The van der Waals surface area contributed by atoms with Crippen LogP contribution in [0.4, 0.5) is 0 Å². The lowest BCUT2D eigenvalue weighted by Crippen LogP contribution is -2.24. The molecule has 0 bridgehead atoms. The Morgan fingerprint density at radius 1 is 1.45 bits per heavy atom. The van der Waals surface area contributed by atoms with Gasteiger partial charge in [-0.2, -0.15) is 5.10 Å². The zero-order valence-corrected chi connectivity index (χ0v) is 14.1. The topological polar surface area (TPSA) is 29.9 Å². The molecule has 20 heavy (non-hydrogen) atoms. The number of likely N-dealkylation sites (N-methyl/N-ethyl adjacent to an activating group) is 1. The van der Waals surface area contributed by atoms with Gasteiger partial charge in [0.05, 0.1) is 16.4 Å². The SMILES string of the molecule is CCNC(Cc1c(Cl)c(C)nn1C)c1sccc1CC. The normalized spacial score (nSPS) is 12.8. The molecule has 0 radical (unpaired) electrons. The van der Waals surface area contributed by atoms with Gasteiger partial charge in [0, 0.05) is 24.4 Å². The van der Waals surface area contributed by atoms with Crippen LogP contribution in [0.1, 0.15) is 41.7 Å². The maximum atomic E-state index is 6.39. The summed E-state index contributed by atoms with van der Waals surface area (Å²) < 4.78 is 1.90.